The first kappa shape index (κ1) is 21.5. The van der Waals surface area contributed by atoms with Gasteiger partial charge >= 0.3 is 0 Å². The highest BCUT2D eigenvalue weighted by molar-refractivity contribution is 7.98. The predicted octanol–water partition coefficient (Wildman–Crippen LogP) is 4.08. The Bertz CT molecular complexity index is 1060. The van der Waals surface area contributed by atoms with Crippen molar-refractivity contribution in [3.8, 4) is 0 Å². The van der Waals surface area contributed by atoms with E-state index in [1.807, 2.05) is 58.0 Å². The molecule has 0 saturated heterocycles. The molecule has 3 aromatic rings. The van der Waals surface area contributed by atoms with Crippen molar-refractivity contribution in [2.45, 2.75) is 38.6 Å². The van der Waals surface area contributed by atoms with E-state index in [0.717, 1.165) is 33.2 Å². The highest BCUT2D eigenvalue weighted by Gasteiger charge is 2.11. The van der Waals surface area contributed by atoms with E-state index < -0.39 is 0 Å². The maximum Gasteiger partial charge on any atom is 0.269 e. The molecule has 2 amide bonds. The average molecular weight is 421 g/mol. The summed E-state index contributed by atoms with van der Waals surface area (Å²) in [6.45, 7) is 7.67. The Morgan fingerprint density at radius 2 is 1.47 bits per heavy atom. The Hall–Kier alpha value is -3.19. The topological polar surface area (TPSA) is 84.0 Å². The molecule has 0 radical (unpaired) electrons. The van der Waals surface area contributed by atoms with E-state index in [9.17, 15) is 9.59 Å². The average Bonchev–Trinajstić information content (AvgIpc) is 2.71. The van der Waals surface area contributed by atoms with Gasteiger partial charge in [0.1, 0.15) is 0 Å². The first-order chi connectivity index (χ1) is 14.3. The first-order valence-corrected chi connectivity index (χ1v) is 10.5. The van der Waals surface area contributed by atoms with Crippen molar-refractivity contribution in [2.24, 2.45) is 0 Å². The van der Waals surface area contributed by atoms with Crippen LogP contribution in [0.1, 0.15) is 48.8 Å². The first-order valence-electron chi connectivity index (χ1n) is 9.54. The van der Waals surface area contributed by atoms with Gasteiger partial charge in [0.25, 0.3) is 11.8 Å². The van der Waals surface area contributed by atoms with Gasteiger partial charge in [-0.25, -0.2) is 9.97 Å². The van der Waals surface area contributed by atoms with Crippen molar-refractivity contribution in [1.29, 1.82) is 0 Å². The number of aryl methyl sites for hydroxylation is 4. The number of aromatic nitrogens is 2. The van der Waals surface area contributed by atoms with Crippen molar-refractivity contribution in [3.05, 3.63) is 87.7 Å². The lowest BCUT2D eigenvalue weighted by atomic mass is 10.1. The van der Waals surface area contributed by atoms with E-state index in [0.29, 0.717) is 16.9 Å². The summed E-state index contributed by atoms with van der Waals surface area (Å²) < 4.78 is 0. The fraction of sp³-hybridized carbons (Fsp3) is 0.217. The second kappa shape index (κ2) is 9.54. The number of thioether (sulfide) groups is 1. The molecule has 7 heteroatoms. The number of hydrogen-bond donors (Lipinski definition) is 2. The third-order valence-corrected chi connectivity index (χ3v) is 5.39. The highest BCUT2D eigenvalue weighted by atomic mass is 32.2. The van der Waals surface area contributed by atoms with Crippen LogP contribution in [0.15, 0.2) is 53.7 Å². The third-order valence-electron chi connectivity index (χ3n) is 4.47. The molecule has 0 bridgehead atoms. The predicted molar refractivity (Wildman–Crippen MR) is 118 cm³/mol. The van der Waals surface area contributed by atoms with Crippen LogP contribution in [0.2, 0.25) is 0 Å². The van der Waals surface area contributed by atoms with Gasteiger partial charge < -0.3 is 0 Å². The van der Waals surface area contributed by atoms with Crippen LogP contribution < -0.4 is 10.9 Å². The third kappa shape index (κ3) is 5.67. The van der Waals surface area contributed by atoms with E-state index >= 15 is 0 Å². The van der Waals surface area contributed by atoms with Crippen molar-refractivity contribution in [1.82, 2.24) is 20.8 Å². The molecule has 0 fully saturated rings. The van der Waals surface area contributed by atoms with Crippen LogP contribution in [0.4, 0.5) is 0 Å². The molecule has 2 N–H and O–H groups in total. The summed E-state index contributed by atoms with van der Waals surface area (Å²) in [7, 11) is 0. The lowest BCUT2D eigenvalue weighted by Gasteiger charge is -2.10. The smallest absolute Gasteiger partial charge is 0.267 e. The summed E-state index contributed by atoms with van der Waals surface area (Å²) in [5, 5.41) is 0.739. The van der Waals surface area contributed by atoms with Crippen LogP contribution in [0.3, 0.4) is 0 Å². The lowest BCUT2D eigenvalue weighted by Crippen LogP contribution is -2.41. The Kier molecular flexibility index (Phi) is 6.84. The minimum Gasteiger partial charge on any atom is -0.267 e. The van der Waals surface area contributed by atoms with E-state index in [2.05, 4.69) is 20.8 Å². The number of nitrogens with zero attached hydrogens (tertiary/aromatic N) is 2. The molecule has 1 aromatic heterocycles. The highest BCUT2D eigenvalue weighted by Crippen LogP contribution is 2.20. The summed E-state index contributed by atoms with van der Waals surface area (Å²) in [6, 6.07) is 14.8. The zero-order valence-corrected chi connectivity index (χ0v) is 18.3. The Morgan fingerprint density at radius 1 is 0.833 bits per heavy atom. The molecule has 0 aliphatic rings. The van der Waals surface area contributed by atoms with Gasteiger partial charge in [0.05, 0.1) is 0 Å². The molecule has 0 spiro atoms. The quantitative estimate of drug-likeness (QED) is 0.369. The number of benzene rings is 2. The van der Waals surface area contributed by atoms with Crippen LogP contribution in [0.5, 0.6) is 0 Å². The van der Waals surface area contributed by atoms with Crippen molar-refractivity contribution >= 4 is 23.6 Å². The molecule has 0 aliphatic heterocycles. The Balaban J connectivity index is 1.55. The number of carbonyl (C=O) groups excluding carboxylic acids is 2. The summed E-state index contributed by atoms with van der Waals surface area (Å²) in [5.74, 6) is -0.00901. The molecule has 3 rings (SSSR count). The molecule has 0 unspecified atom stereocenters. The standard InChI is InChI=1S/C23H24N4O2S/c1-14-5-6-15(2)20(11-14)22(29)27-26-21(28)19-9-7-18(8-10-19)13-30-23-24-16(3)12-17(4)25-23/h5-12H,13H2,1-4H3,(H,26,28)(H,27,29). The maximum absolute atomic E-state index is 12.3. The van der Waals surface area contributed by atoms with E-state index in [4.69, 9.17) is 0 Å². The molecule has 0 aliphatic carbocycles. The van der Waals surface area contributed by atoms with Crippen LogP contribution in [-0.2, 0) is 5.75 Å². The molecule has 0 atom stereocenters. The van der Waals surface area contributed by atoms with Gasteiger partial charge in [0.2, 0.25) is 0 Å². The lowest BCUT2D eigenvalue weighted by molar-refractivity contribution is 0.0846. The Morgan fingerprint density at radius 3 is 2.13 bits per heavy atom. The fourth-order valence-corrected chi connectivity index (χ4v) is 3.80. The monoisotopic (exact) mass is 420 g/mol. The van der Waals surface area contributed by atoms with Gasteiger partial charge in [-0.05, 0) is 63.1 Å². The summed E-state index contributed by atoms with van der Waals surface area (Å²) in [4.78, 5) is 33.5. The van der Waals surface area contributed by atoms with Crippen molar-refractivity contribution in [2.75, 3.05) is 0 Å². The van der Waals surface area contributed by atoms with Crippen molar-refractivity contribution in [3.63, 3.8) is 0 Å². The summed E-state index contributed by atoms with van der Waals surface area (Å²) in [6.07, 6.45) is 0. The van der Waals surface area contributed by atoms with Crippen LogP contribution in [-0.4, -0.2) is 21.8 Å². The fourth-order valence-electron chi connectivity index (χ4n) is 2.89. The van der Waals surface area contributed by atoms with Crippen molar-refractivity contribution < 1.29 is 9.59 Å². The van der Waals surface area contributed by atoms with Gasteiger partial charge in [0.15, 0.2) is 5.16 Å². The van der Waals surface area contributed by atoms with Gasteiger partial charge in [-0.1, -0.05) is 41.6 Å². The molecule has 0 saturated carbocycles. The van der Waals surface area contributed by atoms with Gasteiger partial charge in [-0.2, -0.15) is 0 Å². The number of carbonyl (C=O) groups is 2. The number of hydrogen-bond acceptors (Lipinski definition) is 5. The zero-order valence-electron chi connectivity index (χ0n) is 17.4. The number of rotatable bonds is 5. The van der Waals surface area contributed by atoms with Gasteiger partial charge in [0, 0.05) is 28.3 Å². The van der Waals surface area contributed by atoms with Crippen LogP contribution in [0.25, 0.3) is 0 Å². The Labute approximate surface area is 180 Å². The van der Waals surface area contributed by atoms with Gasteiger partial charge in [-0.15, -0.1) is 0 Å². The molecule has 1 heterocycles. The second-order valence-electron chi connectivity index (χ2n) is 7.15. The largest absolute Gasteiger partial charge is 0.269 e. The van der Waals surface area contributed by atoms with Gasteiger partial charge in [-0.3, -0.25) is 20.4 Å². The van der Waals surface area contributed by atoms with Crippen LogP contribution in [0, 0.1) is 27.7 Å². The summed E-state index contributed by atoms with van der Waals surface area (Å²) in [5.41, 5.74) is 10.7. The molecule has 30 heavy (non-hydrogen) atoms. The molecule has 2 aromatic carbocycles. The maximum atomic E-state index is 12.3. The number of amides is 2. The van der Waals surface area contributed by atoms with E-state index in [1.54, 1.807) is 30.0 Å². The normalized spacial score (nSPS) is 10.5. The molecular weight excluding hydrogens is 396 g/mol. The number of nitrogens with one attached hydrogen (secondary N) is 2. The van der Waals surface area contributed by atoms with E-state index in [-0.39, 0.29) is 11.8 Å². The second-order valence-corrected chi connectivity index (χ2v) is 8.09. The van der Waals surface area contributed by atoms with Crippen LogP contribution >= 0.6 is 11.8 Å². The SMILES string of the molecule is Cc1ccc(C)c(C(=O)NNC(=O)c2ccc(CSc3nc(C)cc(C)n3)cc2)c1. The summed E-state index contributed by atoms with van der Waals surface area (Å²) >= 11 is 1.55. The molecule has 6 nitrogen and oxygen atoms in total. The minimum absolute atomic E-state index is 0.342. The number of hydrazine groups is 1. The molecular formula is C23H24N4O2S. The molecule has 154 valence electrons. The van der Waals surface area contributed by atoms with E-state index in [1.165, 1.54) is 0 Å². The minimum atomic E-state index is -0.370. The zero-order chi connectivity index (χ0) is 21.7.